The molecule has 8 nitrogen and oxygen atoms in total. The second kappa shape index (κ2) is 10.9. The summed E-state index contributed by atoms with van der Waals surface area (Å²) in [7, 11) is 1.18. The van der Waals surface area contributed by atoms with Gasteiger partial charge in [0.1, 0.15) is 18.8 Å². The summed E-state index contributed by atoms with van der Waals surface area (Å²) in [6.07, 6.45) is 1.48. The fraction of sp³-hybridized carbons (Fsp3) is 0.227. The van der Waals surface area contributed by atoms with Gasteiger partial charge in [0.05, 0.1) is 28.2 Å². The first-order chi connectivity index (χ1) is 15.7. The number of carbonyl (C=O) groups excluding carboxylic acids is 3. The molecule has 0 radical (unpaired) electrons. The highest BCUT2D eigenvalue weighted by molar-refractivity contribution is 9.10. The molecule has 2 aromatic carbocycles. The summed E-state index contributed by atoms with van der Waals surface area (Å²) in [4.78, 5) is 36.8. The number of hydrogen-bond donors (Lipinski definition) is 1. The van der Waals surface area contributed by atoms with Gasteiger partial charge in [-0.05, 0) is 64.3 Å². The van der Waals surface area contributed by atoms with Gasteiger partial charge >= 0.3 is 12.0 Å². The molecule has 0 aromatic heterocycles. The Bertz CT molecular complexity index is 1140. The number of nitrogens with one attached hydrogen (secondary N) is 1. The van der Waals surface area contributed by atoms with Crippen LogP contribution in [0.3, 0.4) is 0 Å². The Morgan fingerprint density at radius 1 is 1.15 bits per heavy atom. The molecule has 0 bridgehead atoms. The van der Waals surface area contributed by atoms with Crippen LogP contribution in [-0.4, -0.2) is 43.1 Å². The van der Waals surface area contributed by atoms with Gasteiger partial charge in [0.2, 0.25) is 0 Å². The SMILES string of the molecule is CCOc1cc(/C=C2/NC(=O)N(CC(=O)OC)C2=O)cc(Br)c1OCc1ccc(Cl)c(Cl)c1. The van der Waals surface area contributed by atoms with Crippen molar-refractivity contribution in [2.75, 3.05) is 20.3 Å². The Morgan fingerprint density at radius 2 is 1.91 bits per heavy atom. The molecule has 1 fully saturated rings. The Labute approximate surface area is 208 Å². The normalized spacial score (nSPS) is 14.5. The van der Waals surface area contributed by atoms with E-state index in [4.69, 9.17) is 32.7 Å². The lowest BCUT2D eigenvalue weighted by atomic mass is 10.1. The smallest absolute Gasteiger partial charge is 0.329 e. The molecular weight excluding hydrogens is 539 g/mol. The summed E-state index contributed by atoms with van der Waals surface area (Å²) in [5.41, 5.74) is 1.40. The third kappa shape index (κ3) is 5.98. The van der Waals surface area contributed by atoms with Gasteiger partial charge in [-0.25, -0.2) is 9.69 Å². The van der Waals surface area contributed by atoms with Crippen molar-refractivity contribution in [1.29, 1.82) is 0 Å². The van der Waals surface area contributed by atoms with Crippen LogP contribution in [0.1, 0.15) is 18.1 Å². The Kier molecular flexibility index (Phi) is 8.23. The molecule has 3 amide bonds. The molecule has 2 aromatic rings. The number of benzene rings is 2. The zero-order valence-corrected chi connectivity index (χ0v) is 20.7. The zero-order chi connectivity index (χ0) is 24.1. The van der Waals surface area contributed by atoms with Gasteiger partial charge in [0.25, 0.3) is 5.91 Å². The molecule has 1 N–H and O–H groups in total. The number of amides is 3. The maximum Gasteiger partial charge on any atom is 0.329 e. The topological polar surface area (TPSA) is 94.2 Å². The fourth-order valence-electron chi connectivity index (χ4n) is 2.93. The van der Waals surface area contributed by atoms with E-state index in [1.165, 1.54) is 13.2 Å². The predicted molar refractivity (Wildman–Crippen MR) is 126 cm³/mol. The van der Waals surface area contributed by atoms with E-state index >= 15 is 0 Å². The van der Waals surface area contributed by atoms with Crippen molar-refractivity contribution in [3.05, 3.63) is 61.7 Å². The highest BCUT2D eigenvalue weighted by Gasteiger charge is 2.35. The van der Waals surface area contributed by atoms with Gasteiger partial charge in [-0.1, -0.05) is 29.3 Å². The largest absolute Gasteiger partial charge is 0.490 e. The number of hydrogen-bond acceptors (Lipinski definition) is 6. The second-order valence-electron chi connectivity index (χ2n) is 6.76. The summed E-state index contributed by atoms with van der Waals surface area (Å²) < 4.78 is 16.8. The van der Waals surface area contributed by atoms with Crippen LogP contribution < -0.4 is 14.8 Å². The summed E-state index contributed by atoms with van der Waals surface area (Å²) >= 11 is 15.5. The number of ether oxygens (including phenoxy) is 3. The number of carbonyl (C=O) groups is 3. The summed E-state index contributed by atoms with van der Waals surface area (Å²) in [6.45, 7) is 1.94. The van der Waals surface area contributed by atoms with Crippen molar-refractivity contribution in [2.45, 2.75) is 13.5 Å². The molecule has 33 heavy (non-hydrogen) atoms. The Hall–Kier alpha value is -2.75. The Morgan fingerprint density at radius 3 is 2.58 bits per heavy atom. The molecule has 0 atom stereocenters. The average Bonchev–Trinajstić information content (AvgIpc) is 3.03. The minimum Gasteiger partial charge on any atom is -0.490 e. The minimum absolute atomic E-state index is 0.0164. The standard InChI is InChI=1S/C22H19BrCl2N2O6/c1-3-32-18-9-13(8-17-21(29)27(22(30)26-17)10-19(28)31-2)6-14(23)20(18)33-11-12-4-5-15(24)16(25)7-12/h4-9H,3,10-11H2,1-2H3,(H,26,30)/b17-8+. The van der Waals surface area contributed by atoms with Gasteiger partial charge in [0.15, 0.2) is 11.5 Å². The summed E-state index contributed by atoms with van der Waals surface area (Å²) in [6, 6.07) is 7.88. The number of rotatable bonds is 8. The van der Waals surface area contributed by atoms with Crippen molar-refractivity contribution in [3.8, 4) is 11.5 Å². The van der Waals surface area contributed by atoms with E-state index in [0.717, 1.165) is 10.5 Å². The van der Waals surface area contributed by atoms with E-state index in [-0.39, 0.29) is 12.3 Å². The van der Waals surface area contributed by atoms with Crippen LogP contribution >= 0.6 is 39.1 Å². The van der Waals surface area contributed by atoms with Gasteiger partial charge in [0, 0.05) is 0 Å². The second-order valence-corrected chi connectivity index (χ2v) is 8.42. The molecule has 11 heteroatoms. The van der Waals surface area contributed by atoms with Crippen molar-refractivity contribution in [1.82, 2.24) is 10.2 Å². The first kappa shape index (κ1) is 24.9. The molecule has 1 aliphatic heterocycles. The third-order valence-electron chi connectivity index (χ3n) is 4.49. The lowest BCUT2D eigenvalue weighted by Crippen LogP contribution is -2.36. The van der Waals surface area contributed by atoms with Crippen LogP contribution in [0.25, 0.3) is 6.08 Å². The van der Waals surface area contributed by atoms with Crippen molar-refractivity contribution in [2.24, 2.45) is 0 Å². The number of halogens is 3. The molecule has 0 spiro atoms. The van der Waals surface area contributed by atoms with Crippen LogP contribution in [0.15, 0.2) is 40.5 Å². The predicted octanol–water partition coefficient (Wildman–Crippen LogP) is 4.80. The molecule has 1 saturated heterocycles. The van der Waals surface area contributed by atoms with Gasteiger partial charge in [-0.3, -0.25) is 9.59 Å². The fourth-order valence-corrected chi connectivity index (χ4v) is 3.83. The number of methoxy groups -OCH3 is 1. The van der Waals surface area contributed by atoms with Gasteiger partial charge in [-0.2, -0.15) is 0 Å². The van der Waals surface area contributed by atoms with Crippen LogP contribution in [0, 0.1) is 0 Å². The number of imide groups is 1. The first-order valence-electron chi connectivity index (χ1n) is 9.68. The minimum atomic E-state index is -0.706. The van der Waals surface area contributed by atoms with E-state index in [0.29, 0.717) is 38.2 Å². The molecule has 0 unspecified atom stereocenters. The van der Waals surface area contributed by atoms with Crippen molar-refractivity contribution < 1.29 is 28.6 Å². The van der Waals surface area contributed by atoms with E-state index in [1.807, 2.05) is 6.92 Å². The van der Waals surface area contributed by atoms with Gasteiger partial charge in [-0.15, -0.1) is 0 Å². The highest BCUT2D eigenvalue weighted by Crippen LogP contribution is 2.38. The molecule has 0 saturated carbocycles. The van der Waals surface area contributed by atoms with Crippen LogP contribution in [0.4, 0.5) is 4.79 Å². The average molecular weight is 558 g/mol. The Balaban J connectivity index is 1.84. The quantitative estimate of drug-likeness (QED) is 0.285. The van der Waals surface area contributed by atoms with E-state index in [2.05, 4.69) is 26.0 Å². The van der Waals surface area contributed by atoms with Gasteiger partial charge < -0.3 is 19.5 Å². The van der Waals surface area contributed by atoms with E-state index in [9.17, 15) is 14.4 Å². The molecule has 3 rings (SSSR count). The lowest BCUT2D eigenvalue weighted by Gasteiger charge is -2.15. The molecule has 1 aliphatic rings. The molecule has 0 aliphatic carbocycles. The van der Waals surface area contributed by atoms with E-state index in [1.54, 1.807) is 30.3 Å². The lowest BCUT2D eigenvalue weighted by molar-refractivity contribution is -0.143. The number of urea groups is 1. The monoisotopic (exact) mass is 556 g/mol. The molecule has 174 valence electrons. The van der Waals surface area contributed by atoms with Crippen LogP contribution in [-0.2, 0) is 20.9 Å². The zero-order valence-electron chi connectivity index (χ0n) is 17.6. The third-order valence-corrected chi connectivity index (χ3v) is 5.82. The van der Waals surface area contributed by atoms with E-state index < -0.39 is 24.5 Å². The van der Waals surface area contributed by atoms with Crippen molar-refractivity contribution >= 4 is 63.1 Å². The summed E-state index contributed by atoms with van der Waals surface area (Å²) in [5, 5.41) is 3.33. The van der Waals surface area contributed by atoms with Crippen LogP contribution in [0.2, 0.25) is 10.0 Å². The summed E-state index contributed by atoms with van der Waals surface area (Å²) in [5.74, 6) is -0.454. The number of esters is 1. The molecule has 1 heterocycles. The maximum absolute atomic E-state index is 12.5. The van der Waals surface area contributed by atoms with Crippen LogP contribution in [0.5, 0.6) is 11.5 Å². The first-order valence-corrected chi connectivity index (χ1v) is 11.2. The highest BCUT2D eigenvalue weighted by atomic mass is 79.9. The number of nitrogens with zero attached hydrogens (tertiary/aromatic N) is 1. The van der Waals surface area contributed by atoms with Crippen molar-refractivity contribution in [3.63, 3.8) is 0 Å². The maximum atomic E-state index is 12.5. The molecular formula is C22H19BrCl2N2O6.